The highest BCUT2D eigenvalue weighted by atomic mass is 35.5. The Hall–Kier alpha value is -1.68. The normalized spacial score (nSPS) is 17.9. The molecule has 2 N–H and O–H groups in total. The van der Waals surface area contributed by atoms with Gasteiger partial charge in [-0.15, -0.1) is 0 Å². The van der Waals surface area contributed by atoms with Crippen molar-refractivity contribution in [2.24, 2.45) is 0 Å². The second-order valence-corrected chi connectivity index (χ2v) is 8.61. The van der Waals surface area contributed by atoms with Crippen LogP contribution in [0.1, 0.15) is 43.5 Å². The van der Waals surface area contributed by atoms with Crippen LogP contribution in [0.25, 0.3) is 0 Å². The van der Waals surface area contributed by atoms with Crippen molar-refractivity contribution in [1.29, 1.82) is 0 Å². The number of carbonyl (C=O) groups excluding carboxylic acids is 2. The van der Waals surface area contributed by atoms with Crippen molar-refractivity contribution in [1.82, 2.24) is 10.0 Å². The van der Waals surface area contributed by atoms with Crippen LogP contribution in [0.4, 0.5) is 0 Å². The van der Waals surface area contributed by atoms with E-state index in [4.69, 9.17) is 21.1 Å². The van der Waals surface area contributed by atoms with E-state index < -0.39 is 28.0 Å². The fourth-order valence-electron chi connectivity index (χ4n) is 2.60. The van der Waals surface area contributed by atoms with E-state index in [9.17, 15) is 18.0 Å². The van der Waals surface area contributed by atoms with E-state index in [1.807, 2.05) is 6.92 Å². The van der Waals surface area contributed by atoms with Gasteiger partial charge < -0.3 is 14.8 Å². The Balaban J connectivity index is 2.08. The van der Waals surface area contributed by atoms with Crippen molar-refractivity contribution in [2.75, 3.05) is 19.7 Å². The van der Waals surface area contributed by atoms with Crippen molar-refractivity contribution in [2.45, 2.75) is 50.2 Å². The van der Waals surface area contributed by atoms with Crippen LogP contribution in [-0.4, -0.2) is 52.2 Å². The van der Waals surface area contributed by atoms with Gasteiger partial charge in [-0.2, -0.15) is 0 Å². The molecule has 1 aliphatic rings. The number of esters is 1. The van der Waals surface area contributed by atoms with Gasteiger partial charge in [0, 0.05) is 19.7 Å². The lowest BCUT2D eigenvalue weighted by atomic mass is 10.2. The largest absolute Gasteiger partial charge is 0.449 e. The molecule has 1 amide bonds. The fourth-order valence-corrected chi connectivity index (χ4v) is 4.19. The lowest BCUT2D eigenvalue weighted by Gasteiger charge is -2.15. The first-order valence-electron chi connectivity index (χ1n) is 9.14. The molecule has 0 saturated carbocycles. The summed E-state index contributed by atoms with van der Waals surface area (Å²) in [6, 6.07) is 3.79. The third-order valence-corrected chi connectivity index (χ3v) is 6.09. The van der Waals surface area contributed by atoms with Crippen LogP contribution in [0.5, 0.6) is 0 Å². The minimum atomic E-state index is -3.94. The Kier molecular flexibility index (Phi) is 8.23. The van der Waals surface area contributed by atoms with E-state index in [0.29, 0.717) is 13.2 Å². The van der Waals surface area contributed by atoms with Gasteiger partial charge in [0.25, 0.3) is 5.91 Å². The van der Waals surface area contributed by atoms with Gasteiger partial charge in [-0.05, 0) is 44.4 Å². The predicted molar refractivity (Wildman–Crippen MR) is 104 cm³/mol. The third-order valence-electron chi connectivity index (χ3n) is 4.18. The molecule has 2 unspecified atom stereocenters. The number of carbonyl (C=O) groups is 2. The van der Waals surface area contributed by atoms with Gasteiger partial charge in [0.1, 0.15) is 4.90 Å². The van der Waals surface area contributed by atoms with Crippen LogP contribution in [0.2, 0.25) is 5.02 Å². The maximum atomic E-state index is 12.6. The molecule has 0 radical (unpaired) electrons. The van der Waals surface area contributed by atoms with Crippen molar-refractivity contribution in [3.05, 3.63) is 28.8 Å². The van der Waals surface area contributed by atoms with Gasteiger partial charge in [-0.1, -0.05) is 18.5 Å². The van der Waals surface area contributed by atoms with Gasteiger partial charge in [0.15, 0.2) is 6.10 Å². The second-order valence-electron chi connectivity index (χ2n) is 6.47. The highest BCUT2D eigenvalue weighted by molar-refractivity contribution is 7.89. The maximum absolute atomic E-state index is 12.6. The van der Waals surface area contributed by atoms with E-state index in [1.54, 1.807) is 0 Å². The predicted octanol–water partition coefficient (Wildman–Crippen LogP) is 1.87. The molecule has 1 heterocycles. The van der Waals surface area contributed by atoms with Gasteiger partial charge in [0.2, 0.25) is 10.0 Å². The summed E-state index contributed by atoms with van der Waals surface area (Å²) in [6.07, 6.45) is 1.24. The number of halogens is 1. The first-order valence-corrected chi connectivity index (χ1v) is 11.0. The Morgan fingerprint density at radius 1 is 1.39 bits per heavy atom. The van der Waals surface area contributed by atoms with Gasteiger partial charge in [-0.3, -0.25) is 4.79 Å². The number of amides is 1. The van der Waals surface area contributed by atoms with E-state index in [2.05, 4.69) is 10.0 Å². The standard InChI is InChI=1S/C18H25ClN2O6S/c1-3-8-20-17(22)12(2)27-18(23)13-6-7-15(19)16(10-13)28(24,25)21-11-14-5-4-9-26-14/h6-7,10,12,14,21H,3-5,8-9,11H2,1-2H3,(H,20,22). The zero-order valence-electron chi connectivity index (χ0n) is 15.9. The lowest BCUT2D eigenvalue weighted by Crippen LogP contribution is -2.36. The molecule has 1 aromatic rings. The summed E-state index contributed by atoms with van der Waals surface area (Å²) < 4.78 is 38.1. The second kappa shape index (κ2) is 10.2. The number of hydrogen-bond donors (Lipinski definition) is 2. The Bertz CT molecular complexity index is 808. The van der Waals surface area contributed by atoms with Gasteiger partial charge >= 0.3 is 5.97 Å². The molecular weight excluding hydrogens is 408 g/mol. The quantitative estimate of drug-likeness (QED) is 0.576. The molecule has 2 rings (SSSR count). The van der Waals surface area contributed by atoms with E-state index >= 15 is 0 Å². The number of benzene rings is 1. The number of nitrogens with one attached hydrogen (secondary N) is 2. The average molecular weight is 433 g/mol. The summed E-state index contributed by atoms with van der Waals surface area (Å²) >= 11 is 6.03. The summed E-state index contributed by atoms with van der Waals surface area (Å²) in [5, 5.41) is 2.60. The molecule has 10 heteroatoms. The number of sulfonamides is 1. The van der Waals surface area contributed by atoms with Crippen LogP contribution >= 0.6 is 11.6 Å². The van der Waals surface area contributed by atoms with Gasteiger partial charge in [-0.25, -0.2) is 17.9 Å². The van der Waals surface area contributed by atoms with Crippen LogP contribution in [0.3, 0.4) is 0 Å². The Labute approximate surface area is 170 Å². The topological polar surface area (TPSA) is 111 Å². The minimum Gasteiger partial charge on any atom is -0.449 e. The summed E-state index contributed by atoms with van der Waals surface area (Å²) in [5.74, 6) is -1.23. The molecule has 0 aliphatic carbocycles. The molecule has 1 aliphatic heterocycles. The summed E-state index contributed by atoms with van der Waals surface area (Å²) in [5.41, 5.74) is -0.0166. The first-order chi connectivity index (χ1) is 13.2. The van der Waals surface area contributed by atoms with Crippen molar-refractivity contribution in [3.8, 4) is 0 Å². The summed E-state index contributed by atoms with van der Waals surface area (Å²) in [6.45, 7) is 4.56. The highest BCUT2D eigenvalue weighted by Crippen LogP contribution is 2.23. The van der Waals surface area contributed by atoms with E-state index in [-0.39, 0.29) is 28.1 Å². The maximum Gasteiger partial charge on any atom is 0.338 e. The van der Waals surface area contributed by atoms with Crippen molar-refractivity contribution >= 4 is 33.5 Å². The van der Waals surface area contributed by atoms with Gasteiger partial charge in [0.05, 0.1) is 16.7 Å². The molecule has 1 saturated heterocycles. The summed E-state index contributed by atoms with van der Waals surface area (Å²) in [4.78, 5) is 23.9. The van der Waals surface area contributed by atoms with Crippen LogP contribution in [-0.2, 0) is 24.3 Å². The molecule has 0 spiro atoms. The van der Waals surface area contributed by atoms with Crippen LogP contribution < -0.4 is 10.0 Å². The average Bonchev–Trinajstić information content (AvgIpc) is 3.18. The van der Waals surface area contributed by atoms with Crippen LogP contribution in [0.15, 0.2) is 23.1 Å². The molecular formula is C18H25ClN2O6S. The molecule has 0 aromatic heterocycles. The molecule has 8 nitrogen and oxygen atoms in total. The SMILES string of the molecule is CCCNC(=O)C(C)OC(=O)c1ccc(Cl)c(S(=O)(=O)NCC2CCCO2)c1. The third kappa shape index (κ3) is 6.16. The molecule has 2 atom stereocenters. The molecule has 1 aromatic carbocycles. The molecule has 156 valence electrons. The summed E-state index contributed by atoms with van der Waals surface area (Å²) in [7, 11) is -3.94. The molecule has 28 heavy (non-hydrogen) atoms. The number of ether oxygens (including phenoxy) is 2. The van der Waals surface area contributed by atoms with E-state index in [1.165, 1.54) is 19.1 Å². The molecule has 0 bridgehead atoms. The van der Waals surface area contributed by atoms with E-state index in [0.717, 1.165) is 25.3 Å². The minimum absolute atomic E-state index is 0.0166. The molecule has 1 fully saturated rings. The first kappa shape index (κ1) is 22.6. The lowest BCUT2D eigenvalue weighted by molar-refractivity contribution is -0.129. The number of rotatable bonds is 9. The highest BCUT2D eigenvalue weighted by Gasteiger charge is 2.25. The fraction of sp³-hybridized carbons (Fsp3) is 0.556. The number of hydrogen-bond acceptors (Lipinski definition) is 6. The zero-order valence-corrected chi connectivity index (χ0v) is 17.4. The van der Waals surface area contributed by atoms with Crippen LogP contribution in [0, 0.1) is 0 Å². The van der Waals surface area contributed by atoms with Crippen molar-refractivity contribution in [3.63, 3.8) is 0 Å². The van der Waals surface area contributed by atoms with Crippen molar-refractivity contribution < 1.29 is 27.5 Å². The zero-order chi connectivity index (χ0) is 20.7. The Morgan fingerprint density at radius 3 is 2.79 bits per heavy atom. The monoisotopic (exact) mass is 432 g/mol. The smallest absolute Gasteiger partial charge is 0.338 e. The Morgan fingerprint density at radius 2 is 2.14 bits per heavy atom.